The number of ether oxygens (including phenoxy) is 1. The lowest BCUT2D eigenvalue weighted by molar-refractivity contribution is 0.0557. The average Bonchev–Trinajstić information content (AvgIpc) is 2.36. The summed E-state index contributed by atoms with van der Waals surface area (Å²) in [6, 6.07) is 5.15. The van der Waals surface area contributed by atoms with Gasteiger partial charge in [0, 0.05) is 29.4 Å². The SMILES string of the molecule is CCOc1cc(N)cc(C(=O)NCC2(N(C)C)CCC2)c1. The molecule has 21 heavy (non-hydrogen) atoms. The molecule has 1 aliphatic carbocycles. The molecule has 5 nitrogen and oxygen atoms in total. The lowest BCUT2D eigenvalue weighted by Crippen LogP contribution is -2.57. The second-order valence-electron chi connectivity index (χ2n) is 5.88. The van der Waals surface area contributed by atoms with Crippen LogP contribution in [0.4, 0.5) is 5.69 Å². The predicted octanol–water partition coefficient (Wildman–Crippen LogP) is 1.88. The van der Waals surface area contributed by atoms with Crippen molar-refractivity contribution in [3.05, 3.63) is 23.8 Å². The van der Waals surface area contributed by atoms with Crippen molar-refractivity contribution in [3.63, 3.8) is 0 Å². The summed E-state index contributed by atoms with van der Waals surface area (Å²) < 4.78 is 5.43. The van der Waals surface area contributed by atoms with Gasteiger partial charge in [-0.25, -0.2) is 0 Å². The van der Waals surface area contributed by atoms with Crippen LogP contribution in [0.1, 0.15) is 36.5 Å². The van der Waals surface area contributed by atoms with Gasteiger partial charge in [0.1, 0.15) is 5.75 Å². The normalized spacial score (nSPS) is 16.4. The van der Waals surface area contributed by atoms with Crippen LogP contribution in [0.2, 0.25) is 0 Å². The van der Waals surface area contributed by atoms with Crippen LogP contribution in [-0.2, 0) is 0 Å². The molecule has 5 heteroatoms. The lowest BCUT2D eigenvalue weighted by Gasteiger charge is -2.47. The number of nitrogens with zero attached hydrogens (tertiary/aromatic N) is 1. The van der Waals surface area contributed by atoms with Crippen molar-refractivity contribution in [1.82, 2.24) is 10.2 Å². The number of hydrogen-bond acceptors (Lipinski definition) is 4. The van der Waals surface area contributed by atoms with Gasteiger partial charge >= 0.3 is 0 Å². The summed E-state index contributed by atoms with van der Waals surface area (Å²) in [5.74, 6) is 0.532. The number of nitrogen functional groups attached to an aromatic ring is 1. The first-order valence-electron chi connectivity index (χ1n) is 7.46. The Labute approximate surface area is 126 Å². The molecule has 0 radical (unpaired) electrons. The zero-order chi connectivity index (χ0) is 15.5. The number of benzene rings is 1. The highest BCUT2D eigenvalue weighted by atomic mass is 16.5. The molecule has 2 rings (SSSR count). The number of nitrogens with one attached hydrogen (secondary N) is 1. The molecule has 0 aromatic heterocycles. The van der Waals surface area contributed by atoms with Gasteiger partial charge in [-0.3, -0.25) is 4.79 Å². The Bertz CT molecular complexity index is 510. The Balaban J connectivity index is 2.03. The van der Waals surface area contributed by atoms with Gasteiger partial charge in [-0.05, 0) is 52.4 Å². The Morgan fingerprint density at radius 3 is 2.62 bits per heavy atom. The quantitative estimate of drug-likeness (QED) is 0.785. The zero-order valence-corrected chi connectivity index (χ0v) is 13.1. The summed E-state index contributed by atoms with van der Waals surface area (Å²) in [5, 5.41) is 3.03. The van der Waals surface area contributed by atoms with Crippen molar-refractivity contribution >= 4 is 11.6 Å². The van der Waals surface area contributed by atoms with E-state index in [1.54, 1.807) is 18.2 Å². The van der Waals surface area contributed by atoms with Crippen molar-refractivity contribution in [2.24, 2.45) is 0 Å². The average molecular weight is 291 g/mol. The van der Waals surface area contributed by atoms with E-state index in [2.05, 4.69) is 24.3 Å². The fourth-order valence-electron chi connectivity index (χ4n) is 2.72. The molecule has 1 aliphatic rings. The van der Waals surface area contributed by atoms with E-state index in [0.717, 1.165) is 12.8 Å². The van der Waals surface area contributed by atoms with Crippen molar-refractivity contribution in [2.45, 2.75) is 31.7 Å². The maximum Gasteiger partial charge on any atom is 0.251 e. The van der Waals surface area contributed by atoms with E-state index in [4.69, 9.17) is 10.5 Å². The Morgan fingerprint density at radius 1 is 1.38 bits per heavy atom. The number of anilines is 1. The third-order valence-electron chi connectivity index (χ3n) is 4.31. The second-order valence-corrected chi connectivity index (χ2v) is 5.88. The van der Waals surface area contributed by atoms with Gasteiger partial charge < -0.3 is 20.7 Å². The molecule has 1 fully saturated rings. The molecule has 0 bridgehead atoms. The summed E-state index contributed by atoms with van der Waals surface area (Å²) in [5.41, 5.74) is 7.02. The highest BCUT2D eigenvalue weighted by molar-refractivity contribution is 5.95. The number of amides is 1. The summed E-state index contributed by atoms with van der Waals surface area (Å²) in [6.07, 6.45) is 3.48. The highest BCUT2D eigenvalue weighted by Gasteiger charge is 2.39. The molecule has 1 aromatic rings. The summed E-state index contributed by atoms with van der Waals surface area (Å²) >= 11 is 0. The van der Waals surface area contributed by atoms with Crippen LogP contribution in [0.25, 0.3) is 0 Å². The summed E-state index contributed by atoms with van der Waals surface area (Å²) in [4.78, 5) is 14.5. The third kappa shape index (κ3) is 3.47. The molecule has 3 N–H and O–H groups in total. The minimum Gasteiger partial charge on any atom is -0.494 e. The minimum absolute atomic E-state index is 0.101. The zero-order valence-electron chi connectivity index (χ0n) is 13.1. The molecule has 0 unspecified atom stereocenters. The predicted molar refractivity (Wildman–Crippen MR) is 84.6 cm³/mol. The third-order valence-corrected chi connectivity index (χ3v) is 4.31. The van der Waals surface area contributed by atoms with E-state index in [0.29, 0.717) is 30.2 Å². The Kier molecular flexibility index (Phi) is 4.73. The molecule has 0 aliphatic heterocycles. The van der Waals surface area contributed by atoms with Gasteiger partial charge in [-0.15, -0.1) is 0 Å². The standard InChI is InChI=1S/C16H25N3O2/c1-4-21-14-9-12(8-13(17)10-14)15(20)18-11-16(19(2)3)6-5-7-16/h8-10H,4-7,11,17H2,1-3H3,(H,18,20). The van der Waals surface area contributed by atoms with Gasteiger partial charge in [0.25, 0.3) is 5.91 Å². The van der Waals surface area contributed by atoms with E-state index in [1.807, 2.05) is 6.92 Å². The number of carbonyl (C=O) groups is 1. The second kappa shape index (κ2) is 6.35. The van der Waals surface area contributed by atoms with Crippen LogP contribution >= 0.6 is 0 Å². The number of nitrogens with two attached hydrogens (primary N) is 1. The molecule has 0 saturated heterocycles. The van der Waals surface area contributed by atoms with E-state index in [9.17, 15) is 4.79 Å². The number of rotatable bonds is 6. The molecule has 1 saturated carbocycles. The van der Waals surface area contributed by atoms with Gasteiger partial charge in [-0.1, -0.05) is 0 Å². The Morgan fingerprint density at radius 2 is 2.10 bits per heavy atom. The fraction of sp³-hybridized carbons (Fsp3) is 0.562. The number of likely N-dealkylation sites (N-methyl/N-ethyl adjacent to an activating group) is 1. The highest BCUT2D eigenvalue weighted by Crippen LogP contribution is 2.35. The van der Waals surface area contributed by atoms with Crippen LogP contribution < -0.4 is 15.8 Å². The molecule has 0 heterocycles. The molecule has 1 aromatic carbocycles. The maximum absolute atomic E-state index is 12.3. The molecular weight excluding hydrogens is 266 g/mol. The molecular formula is C16H25N3O2. The smallest absolute Gasteiger partial charge is 0.251 e. The topological polar surface area (TPSA) is 67.6 Å². The first-order valence-corrected chi connectivity index (χ1v) is 7.46. The summed E-state index contributed by atoms with van der Waals surface area (Å²) in [6.45, 7) is 3.12. The van der Waals surface area contributed by atoms with E-state index in [1.165, 1.54) is 6.42 Å². The number of hydrogen-bond donors (Lipinski definition) is 2. The van der Waals surface area contributed by atoms with Crippen LogP contribution in [0, 0.1) is 0 Å². The first-order chi connectivity index (χ1) is 9.97. The fourth-order valence-corrected chi connectivity index (χ4v) is 2.72. The maximum atomic E-state index is 12.3. The summed E-state index contributed by atoms with van der Waals surface area (Å²) in [7, 11) is 4.14. The largest absolute Gasteiger partial charge is 0.494 e. The molecule has 116 valence electrons. The Hall–Kier alpha value is -1.75. The van der Waals surface area contributed by atoms with Gasteiger partial charge in [-0.2, -0.15) is 0 Å². The number of carbonyl (C=O) groups excluding carboxylic acids is 1. The van der Waals surface area contributed by atoms with Crippen LogP contribution in [0.3, 0.4) is 0 Å². The van der Waals surface area contributed by atoms with E-state index < -0.39 is 0 Å². The van der Waals surface area contributed by atoms with Crippen LogP contribution in [-0.4, -0.2) is 43.6 Å². The van der Waals surface area contributed by atoms with Crippen molar-refractivity contribution < 1.29 is 9.53 Å². The van der Waals surface area contributed by atoms with Crippen molar-refractivity contribution in [2.75, 3.05) is 33.0 Å². The van der Waals surface area contributed by atoms with E-state index in [-0.39, 0.29) is 11.4 Å². The van der Waals surface area contributed by atoms with Crippen molar-refractivity contribution in [1.29, 1.82) is 0 Å². The van der Waals surface area contributed by atoms with E-state index >= 15 is 0 Å². The monoisotopic (exact) mass is 291 g/mol. The van der Waals surface area contributed by atoms with Gasteiger partial charge in [0.05, 0.1) is 6.61 Å². The van der Waals surface area contributed by atoms with Gasteiger partial charge in [0.15, 0.2) is 0 Å². The minimum atomic E-state index is -0.101. The molecule has 1 amide bonds. The first kappa shape index (κ1) is 15.6. The van der Waals surface area contributed by atoms with Gasteiger partial charge in [0.2, 0.25) is 0 Å². The molecule has 0 atom stereocenters. The lowest BCUT2D eigenvalue weighted by atomic mass is 9.75. The van der Waals surface area contributed by atoms with Crippen molar-refractivity contribution in [3.8, 4) is 5.75 Å². The van der Waals surface area contributed by atoms with Crippen LogP contribution in [0.5, 0.6) is 5.75 Å². The molecule has 0 spiro atoms. The van der Waals surface area contributed by atoms with Crippen LogP contribution in [0.15, 0.2) is 18.2 Å².